The van der Waals surface area contributed by atoms with Crippen LogP contribution < -0.4 is 0 Å². The van der Waals surface area contributed by atoms with Gasteiger partial charge in [0, 0.05) is 49.4 Å². The first kappa shape index (κ1) is 28.6. The summed E-state index contributed by atoms with van der Waals surface area (Å²) in [6.45, 7) is 0. The molecule has 3 heteroatoms. The lowest BCUT2D eigenvalue weighted by Gasteiger charge is -2.13. The molecule has 246 valence electrons. The van der Waals surface area contributed by atoms with E-state index in [0.717, 1.165) is 11.4 Å². The topological polar surface area (TPSA) is 14.8 Å². The monoisotopic (exact) mass is 673 g/mol. The molecular formula is C50H31N3. The van der Waals surface area contributed by atoms with Crippen LogP contribution in [0.2, 0.25) is 0 Å². The van der Waals surface area contributed by atoms with E-state index in [-0.39, 0.29) is 0 Å². The first-order valence-corrected chi connectivity index (χ1v) is 18.3. The number of fused-ring (bicyclic) bond motifs is 6. The predicted molar refractivity (Wildman–Crippen MR) is 224 cm³/mol. The van der Waals surface area contributed by atoms with Crippen LogP contribution in [0.15, 0.2) is 188 Å². The van der Waals surface area contributed by atoms with E-state index in [4.69, 9.17) is 0 Å². The van der Waals surface area contributed by atoms with Crippen LogP contribution in [0.4, 0.5) is 0 Å². The van der Waals surface area contributed by atoms with E-state index in [1.807, 2.05) is 0 Å². The van der Waals surface area contributed by atoms with Crippen LogP contribution >= 0.6 is 0 Å². The van der Waals surface area contributed by atoms with Crippen LogP contribution in [0.1, 0.15) is 0 Å². The minimum absolute atomic E-state index is 1.15. The SMILES string of the molecule is c1ccc(-n2c3ccccc3c3ccc(-c4cc5ccc6cccc7c6c5c(c4)n7-c4ccc(-n5c6ccccc6c6ccccc65)cc4)cc32)cc1. The molecule has 9 aromatic carbocycles. The zero-order valence-corrected chi connectivity index (χ0v) is 28.7. The molecule has 0 N–H and O–H groups in total. The molecule has 3 aromatic heterocycles. The van der Waals surface area contributed by atoms with E-state index < -0.39 is 0 Å². The van der Waals surface area contributed by atoms with Crippen LogP contribution in [0, 0.1) is 0 Å². The summed E-state index contributed by atoms with van der Waals surface area (Å²) in [6.07, 6.45) is 0. The maximum absolute atomic E-state index is 2.46. The van der Waals surface area contributed by atoms with Gasteiger partial charge in [0.2, 0.25) is 0 Å². The molecule has 0 bridgehead atoms. The first-order chi connectivity index (χ1) is 26.3. The minimum atomic E-state index is 1.15. The lowest BCUT2D eigenvalue weighted by atomic mass is 9.97. The number of aromatic nitrogens is 3. The van der Waals surface area contributed by atoms with Crippen molar-refractivity contribution in [3.63, 3.8) is 0 Å². The smallest absolute Gasteiger partial charge is 0.0553 e. The average Bonchev–Trinajstić information content (AvgIpc) is 3.86. The van der Waals surface area contributed by atoms with Gasteiger partial charge in [-0.3, -0.25) is 0 Å². The summed E-state index contributed by atoms with van der Waals surface area (Å²) >= 11 is 0. The maximum atomic E-state index is 2.46. The summed E-state index contributed by atoms with van der Waals surface area (Å²) in [7, 11) is 0. The Hall–Kier alpha value is -7.10. The van der Waals surface area contributed by atoms with Crippen molar-refractivity contribution in [2.45, 2.75) is 0 Å². The summed E-state index contributed by atoms with van der Waals surface area (Å²) in [5.41, 5.74) is 13.2. The van der Waals surface area contributed by atoms with Crippen molar-refractivity contribution in [2.75, 3.05) is 0 Å². The molecule has 0 saturated heterocycles. The van der Waals surface area contributed by atoms with E-state index in [2.05, 4.69) is 202 Å². The molecule has 3 nitrogen and oxygen atoms in total. The molecule has 0 radical (unpaired) electrons. The van der Waals surface area contributed by atoms with Gasteiger partial charge in [0.05, 0.1) is 33.1 Å². The molecule has 53 heavy (non-hydrogen) atoms. The van der Waals surface area contributed by atoms with Gasteiger partial charge in [-0.1, -0.05) is 109 Å². The van der Waals surface area contributed by atoms with Gasteiger partial charge in [-0.25, -0.2) is 0 Å². The van der Waals surface area contributed by atoms with Crippen LogP contribution in [0.25, 0.3) is 104 Å². The van der Waals surface area contributed by atoms with Gasteiger partial charge in [-0.15, -0.1) is 0 Å². The Kier molecular flexibility index (Phi) is 5.77. The van der Waals surface area contributed by atoms with Crippen molar-refractivity contribution in [1.29, 1.82) is 0 Å². The van der Waals surface area contributed by atoms with Gasteiger partial charge in [-0.05, 0) is 101 Å². The summed E-state index contributed by atoms with van der Waals surface area (Å²) in [5.74, 6) is 0. The number of para-hydroxylation sites is 4. The van der Waals surface area contributed by atoms with E-state index in [1.165, 1.54) is 93.0 Å². The van der Waals surface area contributed by atoms with E-state index in [9.17, 15) is 0 Å². The van der Waals surface area contributed by atoms with Gasteiger partial charge < -0.3 is 13.7 Å². The Labute approximate surface area is 305 Å². The molecule has 0 unspecified atom stereocenters. The molecule has 0 aliphatic rings. The van der Waals surface area contributed by atoms with Crippen LogP contribution in [-0.2, 0) is 0 Å². The van der Waals surface area contributed by atoms with Crippen molar-refractivity contribution in [1.82, 2.24) is 13.7 Å². The zero-order valence-electron chi connectivity index (χ0n) is 28.7. The van der Waals surface area contributed by atoms with E-state index in [0.29, 0.717) is 0 Å². The Balaban J connectivity index is 1.08. The molecule has 3 heterocycles. The average molecular weight is 674 g/mol. The summed E-state index contributed by atoms with van der Waals surface area (Å²) in [6, 6.07) is 69.0. The standard InChI is InChI=1S/C50H31N3/c1-2-12-36(13-3-1)52-45-19-9-6-16-41(45)42-28-23-33(30-47(42)52)35-29-34-22-21-32-11-10-20-46-49(32)50(34)48(31-35)53(46)38-26-24-37(25-27-38)51-43-17-7-4-14-39(43)40-15-5-8-18-44(40)51/h1-31H. The molecule has 0 amide bonds. The van der Waals surface area contributed by atoms with Crippen LogP contribution in [0.5, 0.6) is 0 Å². The third-order valence-electron chi connectivity index (χ3n) is 11.4. The minimum Gasteiger partial charge on any atom is -0.309 e. The first-order valence-electron chi connectivity index (χ1n) is 18.3. The van der Waals surface area contributed by atoms with Gasteiger partial charge in [0.15, 0.2) is 0 Å². The van der Waals surface area contributed by atoms with Gasteiger partial charge in [-0.2, -0.15) is 0 Å². The lowest BCUT2D eigenvalue weighted by molar-refractivity contribution is 1.14. The second-order valence-electron chi connectivity index (χ2n) is 14.2. The number of nitrogens with zero attached hydrogens (tertiary/aromatic N) is 3. The number of benzene rings is 9. The van der Waals surface area contributed by atoms with Crippen molar-refractivity contribution < 1.29 is 0 Å². The second kappa shape index (κ2) is 10.7. The molecule has 0 atom stereocenters. The van der Waals surface area contributed by atoms with Crippen LogP contribution in [0.3, 0.4) is 0 Å². The Morgan fingerprint density at radius 2 is 0.717 bits per heavy atom. The molecule has 0 aliphatic heterocycles. The normalized spacial score (nSPS) is 12.2. The third kappa shape index (κ3) is 3.99. The highest BCUT2D eigenvalue weighted by atomic mass is 15.0. The molecule has 12 rings (SSSR count). The number of hydrogen-bond acceptors (Lipinski definition) is 0. The maximum Gasteiger partial charge on any atom is 0.0553 e. The fraction of sp³-hybridized carbons (Fsp3) is 0. The number of hydrogen-bond donors (Lipinski definition) is 0. The van der Waals surface area contributed by atoms with Crippen molar-refractivity contribution in [3.05, 3.63) is 188 Å². The predicted octanol–water partition coefficient (Wildman–Crippen LogP) is 13.2. The highest BCUT2D eigenvalue weighted by molar-refractivity contribution is 6.25. The van der Waals surface area contributed by atoms with Crippen LogP contribution in [-0.4, -0.2) is 13.7 Å². The molecule has 0 spiro atoms. The number of rotatable bonds is 4. The highest BCUT2D eigenvalue weighted by Gasteiger charge is 2.20. The van der Waals surface area contributed by atoms with E-state index in [1.54, 1.807) is 0 Å². The quantitative estimate of drug-likeness (QED) is 0.165. The lowest BCUT2D eigenvalue weighted by Crippen LogP contribution is -1.97. The molecule has 0 aliphatic carbocycles. The largest absolute Gasteiger partial charge is 0.309 e. The third-order valence-corrected chi connectivity index (χ3v) is 11.4. The highest BCUT2D eigenvalue weighted by Crippen LogP contribution is 2.43. The molecular weight excluding hydrogens is 643 g/mol. The van der Waals surface area contributed by atoms with Crippen molar-refractivity contribution in [2.24, 2.45) is 0 Å². The second-order valence-corrected chi connectivity index (χ2v) is 14.2. The fourth-order valence-corrected chi connectivity index (χ4v) is 9.10. The molecule has 12 aromatic rings. The summed E-state index contributed by atoms with van der Waals surface area (Å²) in [5, 5.41) is 10.2. The zero-order chi connectivity index (χ0) is 34.6. The van der Waals surface area contributed by atoms with Gasteiger partial charge in [0.25, 0.3) is 0 Å². The van der Waals surface area contributed by atoms with E-state index >= 15 is 0 Å². The molecule has 0 fully saturated rings. The fourth-order valence-electron chi connectivity index (χ4n) is 9.10. The van der Waals surface area contributed by atoms with Crippen molar-refractivity contribution >= 4 is 76.2 Å². The summed E-state index contributed by atoms with van der Waals surface area (Å²) in [4.78, 5) is 0. The Bertz CT molecular complexity index is 3320. The van der Waals surface area contributed by atoms with Crippen molar-refractivity contribution in [3.8, 4) is 28.2 Å². The van der Waals surface area contributed by atoms with Gasteiger partial charge >= 0.3 is 0 Å². The molecule has 0 saturated carbocycles. The Morgan fingerprint density at radius 3 is 1.38 bits per heavy atom. The van der Waals surface area contributed by atoms with Gasteiger partial charge in [0.1, 0.15) is 0 Å². The Morgan fingerprint density at radius 1 is 0.245 bits per heavy atom. The summed E-state index contributed by atoms with van der Waals surface area (Å²) < 4.78 is 7.25.